The molecule has 1 fully saturated rings. The van der Waals surface area contributed by atoms with E-state index < -0.39 is 33.6 Å². The van der Waals surface area contributed by atoms with E-state index in [1.807, 2.05) is 7.05 Å². The van der Waals surface area contributed by atoms with Crippen molar-refractivity contribution >= 4 is 34.0 Å². The van der Waals surface area contributed by atoms with Gasteiger partial charge in [0.1, 0.15) is 23.5 Å². The Balaban J connectivity index is 0.000000566. The van der Waals surface area contributed by atoms with Gasteiger partial charge in [0, 0.05) is 25.5 Å². The van der Waals surface area contributed by atoms with E-state index in [9.17, 15) is 36.4 Å². The number of rotatable bonds is 4. The highest BCUT2D eigenvalue weighted by Crippen LogP contribution is 2.40. The summed E-state index contributed by atoms with van der Waals surface area (Å²) < 4.78 is 65.6. The number of carboxylic acid groups (broad SMARTS) is 1. The molecule has 2 unspecified atom stereocenters. The number of sulfonamides is 1. The number of amides is 1. The third-order valence-corrected chi connectivity index (χ3v) is 8.43. The van der Waals surface area contributed by atoms with Gasteiger partial charge in [0.25, 0.3) is 0 Å². The molecule has 2 atom stereocenters. The summed E-state index contributed by atoms with van der Waals surface area (Å²) in [5.41, 5.74) is -0.436. The fraction of sp³-hybridized carbons (Fsp3) is 0.321. The van der Waals surface area contributed by atoms with Gasteiger partial charge in [-0.3, -0.25) is 14.5 Å². The van der Waals surface area contributed by atoms with Gasteiger partial charge in [-0.15, -0.1) is 0 Å². The number of nitriles is 1. The lowest BCUT2D eigenvalue weighted by atomic mass is 9.79. The predicted molar refractivity (Wildman–Crippen MR) is 144 cm³/mol. The maximum absolute atomic E-state index is 14.1. The molecule has 0 aromatic heterocycles. The number of quaternary nitrogens is 1. The molecule has 4 bridgehead atoms. The molecule has 0 spiro atoms. The number of nitrogens with zero attached hydrogens (tertiary/aromatic N) is 2. The highest BCUT2D eigenvalue weighted by atomic mass is 32.2. The van der Waals surface area contributed by atoms with Crippen LogP contribution < -0.4 is 24.8 Å². The number of carbonyl (C=O) groups is 3. The number of nitrogens with one attached hydrogen (secondary N) is 3. The minimum atomic E-state index is -5.19. The van der Waals surface area contributed by atoms with Crippen LogP contribution in [0.2, 0.25) is 0 Å². The predicted octanol–water partition coefficient (Wildman–Crippen LogP) is 0.410. The Morgan fingerprint density at radius 1 is 1.23 bits per heavy atom. The van der Waals surface area contributed by atoms with Crippen LogP contribution in [0, 0.1) is 17.2 Å². The van der Waals surface area contributed by atoms with Crippen LogP contribution in [-0.2, 0) is 29.9 Å². The number of hydrogen-bond donors (Lipinski definition) is 3. The van der Waals surface area contributed by atoms with Crippen molar-refractivity contribution < 1.29 is 50.7 Å². The van der Waals surface area contributed by atoms with E-state index in [0.717, 1.165) is 12.8 Å². The Bertz CT molecular complexity index is 1700. The standard InChI is InChI=1S/C26H25N5O5S.C2HF3O2/c1-31-16-28-15-23(31)26(24(32)11-17-5-6-17)19-8-7-18(14-27)22(12-19)36-20-3-2-4-21(13-20)37(34,35)29-10-9-25(33)30-26;3-2(4,5)1(6)7/h2-4,7-8,12-13,15-17,29H,5-6,9-11H2,1H3,(H,30,33);(H,6,7). The Kier molecular flexibility index (Phi) is 9.23. The molecule has 5 rings (SSSR count). The van der Waals surface area contributed by atoms with Gasteiger partial charge >= 0.3 is 6.18 Å². The van der Waals surface area contributed by atoms with E-state index in [-0.39, 0.29) is 53.0 Å². The van der Waals surface area contributed by atoms with E-state index in [1.165, 1.54) is 24.3 Å². The summed E-state index contributed by atoms with van der Waals surface area (Å²) in [6.45, 7) is -0.164. The van der Waals surface area contributed by atoms with Crippen LogP contribution in [0.15, 0.2) is 64.2 Å². The number of carbonyl (C=O) groups excluding carboxylic acids is 3. The molecule has 1 saturated carbocycles. The van der Waals surface area contributed by atoms with Gasteiger partial charge in [0.2, 0.25) is 21.5 Å². The van der Waals surface area contributed by atoms with Gasteiger partial charge in [-0.05, 0) is 48.6 Å². The Morgan fingerprint density at radius 2 is 1.93 bits per heavy atom. The van der Waals surface area contributed by atoms with Crippen LogP contribution in [-0.4, -0.2) is 52.2 Å². The van der Waals surface area contributed by atoms with Crippen molar-refractivity contribution in [3.05, 3.63) is 65.5 Å². The van der Waals surface area contributed by atoms with Crippen molar-refractivity contribution in [1.29, 1.82) is 5.26 Å². The summed E-state index contributed by atoms with van der Waals surface area (Å²) in [5.74, 6) is -3.14. The van der Waals surface area contributed by atoms with Gasteiger partial charge in [-0.1, -0.05) is 12.1 Å². The number of carboxylic acids is 1. The molecular formula is C28H26F3N5O7S. The first-order valence-corrected chi connectivity index (χ1v) is 14.7. The molecule has 44 heavy (non-hydrogen) atoms. The van der Waals surface area contributed by atoms with Gasteiger partial charge < -0.3 is 20.0 Å². The summed E-state index contributed by atoms with van der Waals surface area (Å²) >= 11 is 0. The van der Waals surface area contributed by atoms with Crippen molar-refractivity contribution in [2.24, 2.45) is 10.9 Å². The second-order valence-corrected chi connectivity index (χ2v) is 12.0. The van der Waals surface area contributed by atoms with Gasteiger partial charge in [-0.2, -0.15) is 18.4 Å². The number of likely N-dealkylation sites (N-methyl/N-ethyl adjacent to an activating group) is 1. The van der Waals surface area contributed by atoms with Crippen molar-refractivity contribution in [2.45, 2.75) is 42.3 Å². The Labute approximate surface area is 249 Å². The highest BCUT2D eigenvalue weighted by molar-refractivity contribution is 7.89. The number of alkyl halides is 3. The zero-order chi connectivity index (χ0) is 32.3. The molecule has 0 saturated heterocycles. The van der Waals surface area contributed by atoms with Gasteiger partial charge in [0.15, 0.2) is 17.8 Å². The minimum absolute atomic E-state index is 0.0374. The zero-order valence-corrected chi connectivity index (χ0v) is 23.9. The van der Waals surface area contributed by atoms with E-state index >= 15 is 0 Å². The summed E-state index contributed by atoms with van der Waals surface area (Å²) in [6.07, 6.45) is -0.0597. The van der Waals surface area contributed by atoms with E-state index in [2.05, 4.69) is 21.1 Å². The average molecular weight is 634 g/mol. The first kappa shape index (κ1) is 32.3. The van der Waals surface area contributed by atoms with Crippen LogP contribution in [0.1, 0.15) is 36.8 Å². The fourth-order valence-corrected chi connectivity index (χ4v) is 5.69. The summed E-state index contributed by atoms with van der Waals surface area (Å²) in [7, 11) is -2.12. The first-order valence-electron chi connectivity index (χ1n) is 13.2. The maximum atomic E-state index is 14.1. The monoisotopic (exact) mass is 633 g/mol. The smallest absolute Gasteiger partial charge is 0.430 e. The van der Waals surface area contributed by atoms with Crippen LogP contribution in [0.3, 0.4) is 0 Å². The molecule has 2 aromatic carbocycles. The number of benzene rings is 2. The van der Waals surface area contributed by atoms with Crippen LogP contribution in [0.4, 0.5) is 13.2 Å². The largest absolute Gasteiger partial charge is 0.542 e. The number of Topliss-reactive ketones (excluding diaryl/α,β-unsaturated/α-hetero) is 1. The number of ether oxygens (including phenoxy) is 1. The summed E-state index contributed by atoms with van der Waals surface area (Å²) in [4.78, 5) is 41.0. The minimum Gasteiger partial charge on any atom is -0.542 e. The SMILES string of the molecule is C[NH+]1C=NC=C1C1(C(=O)CC2CC2)NC(=O)CCNS(=O)(=O)c2cccc(c2)Oc2cc1ccc2C#N.O=C([O-])C(F)(F)F. The van der Waals surface area contributed by atoms with Crippen LogP contribution >= 0.6 is 0 Å². The van der Waals surface area contributed by atoms with Crippen molar-refractivity contribution in [3.8, 4) is 17.6 Å². The average Bonchev–Trinajstić information content (AvgIpc) is 3.67. The van der Waals surface area contributed by atoms with Crippen molar-refractivity contribution in [3.63, 3.8) is 0 Å². The lowest BCUT2D eigenvalue weighted by Gasteiger charge is -2.35. The number of halogens is 3. The Morgan fingerprint density at radius 3 is 2.52 bits per heavy atom. The second kappa shape index (κ2) is 12.6. The molecule has 3 aliphatic rings. The molecular weight excluding hydrogens is 607 g/mol. The number of aliphatic imine (C=N–C) groups is 1. The molecule has 3 N–H and O–H groups in total. The first-order chi connectivity index (χ1) is 20.7. The molecule has 1 aliphatic carbocycles. The quantitative estimate of drug-likeness (QED) is 0.433. The molecule has 2 heterocycles. The zero-order valence-electron chi connectivity index (χ0n) is 23.1. The van der Waals surface area contributed by atoms with Crippen molar-refractivity contribution in [2.75, 3.05) is 13.6 Å². The maximum Gasteiger partial charge on any atom is 0.430 e. The number of hydrogen-bond acceptors (Lipinski definition) is 9. The van der Waals surface area contributed by atoms with E-state index in [4.69, 9.17) is 14.6 Å². The lowest BCUT2D eigenvalue weighted by Crippen LogP contribution is -3.07. The third kappa shape index (κ3) is 7.13. The lowest BCUT2D eigenvalue weighted by molar-refractivity contribution is -0.732. The summed E-state index contributed by atoms with van der Waals surface area (Å²) in [5, 5.41) is 21.5. The molecule has 0 radical (unpaired) electrons. The molecule has 1 amide bonds. The third-order valence-electron chi connectivity index (χ3n) is 6.97. The van der Waals surface area contributed by atoms with E-state index in [0.29, 0.717) is 16.2 Å². The van der Waals surface area contributed by atoms with Gasteiger partial charge in [0.05, 0.1) is 23.7 Å². The Hall–Kier alpha value is -4.59. The second-order valence-electron chi connectivity index (χ2n) is 10.2. The molecule has 2 aromatic rings. The van der Waals surface area contributed by atoms with Crippen molar-refractivity contribution in [1.82, 2.24) is 10.0 Å². The highest BCUT2D eigenvalue weighted by Gasteiger charge is 2.51. The number of fused-ring (bicyclic) bond motifs is 4. The fourth-order valence-electron chi connectivity index (χ4n) is 4.62. The molecule has 16 heteroatoms. The van der Waals surface area contributed by atoms with E-state index in [1.54, 1.807) is 30.7 Å². The van der Waals surface area contributed by atoms with Crippen LogP contribution in [0.25, 0.3) is 0 Å². The molecule has 12 nitrogen and oxygen atoms in total. The topological polar surface area (TPSA) is 182 Å². The molecule has 2 aliphatic heterocycles. The summed E-state index contributed by atoms with van der Waals surface area (Å²) in [6, 6.07) is 12.7. The van der Waals surface area contributed by atoms with Gasteiger partial charge in [-0.25, -0.2) is 18.1 Å². The number of ketones is 1. The van der Waals surface area contributed by atoms with Crippen LogP contribution in [0.5, 0.6) is 11.5 Å². The normalized spacial score (nSPS) is 22.6. The molecule has 232 valence electrons. The number of aliphatic carboxylic acids is 1.